The van der Waals surface area contributed by atoms with Gasteiger partial charge in [0.1, 0.15) is 10.7 Å². The molecule has 0 aliphatic heterocycles. The van der Waals surface area contributed by atoms with Gasteiger partial charge in [0.15, 0.2) is 6.61 Å². The van der Waals surface area contributed by atoms with Crippen molar-refractivity contribution in [2.75, 3.05) is 26.4 Å². The number of nitrogens with one attached hydrogen (secondary N) is 1. The zero-order valence-electron chi connectivity index (χ0n) is 12.4. The van der Waals surface area contributed by atoms with Crippen molar-refractivity contribution in [1.29, 1.82) is 0 Å². The lowest BCUT2D eigenvalue weighted by atomic mass is 10.2. The minimum atomic E-state index is -0.208. The SMILES string of the molecule is CC(C)COCCNC(=O)COc1ccccc1C(N)=S. The summed E-state index contributed by atoms with van der Waals surface area (Å²) in [5.74, 6) is 0.790. The number of carbonyl (C=O) groups is 1. The molecule has 0 radical (unpaired) electrons. The number of amides is 1. The highest BCUT2D eigenvalue weighted by Crippen LogP contribution is 2.17. The molecule has 0 spiro atoms. The third-order valence-electron chi connectivity index (χ3n) is 2.53. The Morgan fingerprint density at radius 3 is 2.76 bits per heavy atom. The number of nitrogens with two attached hydrogens (primary N) is 1. The molecule has 0 aromatic heterocycles. The average Bonchev–Trinajstić information content (AvgIpc) is 2.44. The Labute approximate surface area is 130 Å². The third kappa shape index (κ3) is 7.06. The first-order chi connectivity index (χ1) is 10.0. The van der Waals surface area contributed by atoms with Gasteiger partial charge in [-0.3, -0.25) is 4.79 Å². The molecule has 1 amide bonds. The van der Waals surface area contributed by atoms with E-state index in [0.29, 0.717) is 37.0 Å². The molecule has 0 saturated carbocycles. The largest absolute Gasteiger partial charge is 0.483 e. The smallest absolute Gasteiger partial charge is 0.258 e. The lowest BCUT2D eigenvalue weighted by molar-refractivity contribution is -0.123. The van der Waals surface area contributed by atoms with Gasteiger partial charge >= 0.3 is 0 Å². The van der Waals surface area contributed by atoms with Crippen LogP contribution in [0.5, 0.6) is 5.75 Å². The highest BCUT2D eigenvalue weighted by Gasteiger charge is 2.08. The first kappa shape index (κ1) is 17.4. The Bertz CT molecular complexity index is 478. The van der Waals surface area contributed by atoms with Crippen LogP contribution in [0.25, 0.3) is 0 Å². The van der Waals surface area contributed by atoms with E-state index in [1.54, 1.807) is 18.2 Å². The van der Waals surface area contributed by atoms with Gasteiger partial charge in [-0.2, -0.15) is 0 Å². The van der Waals surface area contributed by atoms with E-state index in [9.17, 15) is 4.79 Å². The number of thiocarbonyl (C=S) groups is 1. The van der Waals surface area contributed by atoms with Crippen LogP contribution in [0.4, 0.5) is 0 Å². The van der Waals surface area contributed by atoms with Gasteiger partial charge in [0.25, 0.3) is 5.91 Å². The van der Waals surface area contributed by atoms with E-state index < -0.39 is 0 Å². The highest BCUT2D eigenvalue weighted by atomic mass is 32.1. The lowest BCUT2D eigenvalue weighted by Gasteiger charge is -2.11. The van der Waals surface area contributed by atoms with Crippen molar-refractivity contribution in [3.8, 4) is 5.75 Å². The summed E-state index contributed by atoms with van der Waals surface area (Å²) in [6.45, 7) is 5.72. The van der Waals surface area contributed by atoms with Gasteiger partial charge in [0.05, 0.1) is 12.2 Å². The molecule has 0 fully saturated rings. The van der Waals surface area contributed by atoms with E-state index in [2.05, 4.69) is 19.2 Å². The summed E-state index contributed by atoms with van der Waals surface area (Å²) in [5, 5.41) is 2.72. The van der Waals surface area contributed by atoms with E-state index >= 15 is 0 Å². The summed E-state index contributed by atoms with van der Waals surface area (Å²) in [4.78, 5) is 11.9. The van der Waals surface area contributed by atoms with E-state index in [4.69, 9.17) is 27.4 Å². The topological polar surface area (TPSA) is 73.6 Å². The Kier molecular flexibility index (Phi) is 7.71. The maximum absolute atomic E-state index is 11.6. The van der Waals surface area contributed by atoms with Crippen molar-refractivity contribution in [2.24, 2.45) is 11.7 Å². The van der Waals surface area contributed by atoms with Crippen LogP contribution in [-0.2, 0) is 9.53 Å². The Morgan fingerprint density at radius 2 is 2.10 bits per heavy atom. The fourth-order valence-corrected chi connectivity index (χ4v) is 1.74. The van der Waals surface area contributed by atoms with Crippen LogP contribution in [0.1, 0.15) is 19.4 Å². The second-order valence-electron chi connectivity index (χ2n) is 4.97. The normalized spacial score (nSPS) is 10.4. The molecule has 0 aliphatic carbocycles. The Hall–Kier alpha value is -1.66. The average molecular weight is 310 g/mol. The molecule has 5 nitrogen and oxygen atoms in total. The molecule has 0 heterocycles. The summed E-state index contributed by atoms with van der Waals surface area (Å²) in [6.07, 6.45) is 0. The molecule has 6 heteroatoms. The van der Waals surface area contributed by atoms with Crippen molar-refractivity contribution < 1.29 is 14.3 Å². The number of benzene rings is 1. The zero-order chi connectivity index (χ0) is 15.7. The maximum atomic E-state index is 11.6. The van der Waals surface area contributed by atoms with Gasteiger partial charge < -0.3 is 20.5 Å². The van der Waals surface area contributed by atoms with Crippen LogP contribution >= 0.6 is 12.2 Å². The van der Waals surface area contributed by atoms with Gasteiger partial charge in [0.2, 0.25) is 0 Å². The molecule has 0 bridgehead atoms. The summed E-state index contributed by atoms with van der Waals surface area (Å²) >= 11 is 4.93. The van der Waals surface area contributed by atoms with Gasteiger partial charge in [-0.25, -0.2) is 0 Å². The van der Waals surface area contributed by atoms with Crippen molar-refractivity contribution in [3.63, 3.8) is 0 Å². The number of hydrogen-bond donors (Lipinski definition) is 2. The summed E-state index contributed by atoms with van der Waals surface area (Å²) in [7, 11) is 0. The summed E-state index contributed by atoms with van der Waals surface area (Å²) in [5.41, 5.74) is 6.22. The molecule has 1 aromatic rings. The minimum Gasteiger partial charge on any atom is -0.483 e. The van der Waals surface area contributed by atoms with Crippen LogP contribution in [-0.4, -0.2) is 37.3 Å². The van der Waals surface area contributed by atoms with Gasteiger partial charge in [-0.05, 0) is 18.1 Å². The molecule has 116 valence electrons. The molecule has 0 saturated heterocycles. The number of rotatable bonds is 9. The zero-order valence-corrected chi connectivity index (χ0v) is 13.2. The highest BCUT2D eigenvalue weighted by molar-refractivity contribution is 7.80. The second-order valence-corrected chi connectivity index (χ2v) is 5.41. The minimum absolute atomic E-state index is 0.0796. The van der Waals surface area contributed by atoms with Crippen molar-refractivity contribution >= 4 is 23.1 Å². The van der Waals surface area contributed by atoms with Gasteiger partial charge in [-0.15, -0.1) is 0 Å². The Morgan fingerprint density at radius 1 is 1.38 bits per heavy atom. The first-order valence-electron chi connectivity index (χ1n) is 6.86. The van der Waals surface area contributed by atoms with Crippen LogP contribution in [0, 0.1) is 5.92 Å². The molecule has 0 aliphatic rings. The predicted molar refractivity (Wildman–Crippen MR) is 86.5 cm³/mol. The number of para-hydroxylation sites is 1. The van der Waals surface area contributed by atoms with Gasteiger partial charge in [-0.1, -0.05) is 38.2 Å². The standard InChI is InChI=1S/C15H22N2O3S/c1-11(2)9-19-8-7-17-14(18)10-20-13-6-4-3-5-12(13)15(16)21/h3-6,11H,7-10H2,1-2H3,(H2,16,21)(H,17,18). The van der Waals surface area contributed by atoms with Crippen molar-refractivity contribution in [3.05, 3.63) is 29.8 Å². The molecular weight excluding hydrogens is 288 g/mol. The van der Waals surface area contributed by atoms with E-state index in [1.807, 2.05) is 6.07 Å². The van der Waals surface area contributed by atoms with E-state index in [0.717, 1.165) is 0 Å². The quantitative estimate of drug-likeness (QED) is 0.534. The monoisotopic (exact) mass is 310 g/mol. The van der Waals surface area contributed by atoms with E-state index in [1.165, 1.54) is 0 Å². The number of hydrogen-bond acceptors (Lipinski definition) is 4. The molecule has 0 atom stereocenters. The fraction of sp³-hybridized carbons (Fsp3) is 0.467. The molecule has 1 rings (SSSR count). The predicted octanol–water partition coefficient (Wildman–Crippen LogP) is 1.49. The summed E-state index contributed by atoms with van der Waals surface area (Å²) in [6, 6.07) is 7.10. The van der Waals surface area contributed by atoms with Crippen LogP contribution < -0.4 is 15.8 Å². The first-order valence-corrected chi connectivity index (χ1v) is 7.27. The van der Waals surface area contributed by atoms with Crippen molar-refractivity contribution in [2.45, 2.75) is 13.8 Å². The molecule has 0 unspecified atom stereocenters. The van der Waals surface area contributed by atoms with Gasteiger partial charge in [0, 0.05) is 13.2 Å². The Balaban J connectivity index is 2.29. The second kappa shape index (κ2) is 9.31. The lowest BCUT2D eigenvalue weighted by Crippen LogP contribution is -2.32. The maximum Gasteiger partial charge on any atom is 0.258 e. The molecule has 1 aromatic carbocycles. The van der Waals surface area contributed by atoms with Crippen molar-refractivity contribution in [1.82, 2.24) is 5.32 Å². The van der Waals surface area contributed by atoms with Crippen LogP contribution in [0.2, 0.25) is 0 Å². The third-order valence-corrected chi connectivity index (χ3v) is 2.75. The molecular formula is C15H22N2O3S. The van der Waals surface area contributed by atoms with Crippen LogP contribution in [0.15, 0.2) is 24.3 Å². The van der Waals surface area contributed by atoms with Crippen LogP contribution in [0.3, 0.4) is 0 Å². The molecule has 3 N–H and O–H groups in total. The molecule has 21 heavy (non-hydrogen) atoms. The number of carbonyl (C=O) groups excluding carboxylic acids is 1. The number of ether oxygens (including phenoxy) is 2. The fourth-order valence-electron chi connectivity index (χ4n) is 1.57. The van der Waals surface area contributed by atoms with E-state index in [-0.39, 0.29) is 17.5 Å². The summed E-state index contributed by atoms with van der Waals surface area (Å²) < 4.78 is 10.8.